The van der Waals surface area contributed by atoms with E-state index in [1.165, 1.54) is 18.4 Å². The minimum Gasteiger partial charge on any atom is -0.468 e. The summed E-state index contributed by atoms with van der Waals surface area (Å²) in [6.45, 7) is 1.87. The molecule has 1 atom stereocenters. The van der Waals surface area contributed by atoms with E-state index in [1.54, 1.807) is 12.6 Å². The molecule has 0 fully saturated rings. The molecule has 4 nitrogen and oxygen atoms in total. The van der Waals surface area contributed by atoms with Crippen LogP contribution in [0.4, 0.5) is 0 Å². The lowest BCUT2D eigenvalue weighted by atomic mass is 10.2. The predicted molar refractivity (Wildman–Crippen MR) is 50.7 cm³/mol. The number of hydrogen-bond donors (Lipinski definition) is 1. The molecular formula is C8H12N2O2S. The number of carbonyl (C=O) groups is 1. The van der Waals surface area contributed by atoms with E-state index < -0.39 is 6.04 Å². The van der Waals surface area contributed by atoms with E-state index in [4.69, 9.17) is 0 Å². The van der Waals surface area contributed by atoms with Crippen LogP contribution in [0.2, 0.25) is 0 Å². The first-order chi connectivity index (χ1) is 6.20. The summed E-state index contributed by atoms with van der Waals surface area (Å²) >= 11 is 1.45. The van der Waals surface area contributed by atoms with Gasteiger partial charge in [-0.1, -0.05) is 0 Å². The van der Waals surface area contributed by atoms with Gasteiger partial charge in [-0.2, -0.15) is 0 Å². The van der Waals surface area contributed by atoms with E-state index in [2.05, 4.69) is 15.0 Å². The van der Waals surface area contributed by atoms with Gasteiger partial charge in [0.25, 0.3) is 0 Å². The largest absolute Gasteiger partial charge is 0.468 e. The molecule has 1 aromatic heterocycles. The van der Waals surface area contributed by atoms with Crippen LogP contribution in [0.25, 0.3) is 0 Å². The smallest absolute Gasteiger partial charge is 0.328 e. The Balaban J connectivity index is 2.90. The number of ether oxygens (including phenoxy) is 1. The molecule has 1 rings (SSSR count). The Morgan fingerprint density at radius 3 is 2.85 bits per heavy atom. The number of aromatic nitrogens is 1. The van der Waals surface area contributed by atoms with E-state index in [9.17, 15) is 4.79 Å². The van der Waals surface area contributed by atoms with Crippen LogP contribution in [-0.2, 0) is 9.53 Å². The third-order valence-electron chi connectivity index (χ3n) is 1.77. The number of nitrogens with one attached hydrogen (secondary N) is 1. The molecule has 1 unspecified atom stereocenters. The van der Waals surface area contributed by atoms with Crippen molar-refractivity contribution in [1.29, 1.82) is 0 Å². The molecule has 0 aliphatic rings. The van der Waals surface area contributed by atoms with Gasteiger partial charge in [0.2, 0.25) is 0 Å². The van der Waals surface area contributed by atoms with Gasteiger partial charge >= 0.3 is 5.97 Å². The third-order valence-corrected chi connectivity index (χ3v) is 2.77. The first-order valence-corrected chi connectivity index (χ1v) is 4.73. The van der Waals surface area contributed by atoms with Crippen LogP contribution in [0.1, 0.15) is 16.6 Å². The van der Waals surface area contributed by atoms with E-state index >= 15 is 0 Å². The quantitative estimate of drug-likeness (QED) is 0.736. The van der Waals surface area contributed by atoms with Crippen molar-refractivity contribution >= 4 is 17.3 Å². The Morgan fingerprint density at radius 1 is 1.77 bits per heavy atom. The zero-order chi connectivity index (χ0) is 9.84. The van der Waals surface area contributed by atoms with Crippen LogP contribution in [0.3, 0.4) is 0 Å². The van der Waals surface area contributed by atoms with Crippen molar-refractivity contribution in [2.75, 3.05) is 14.2 Å². The van der Waals surface area contributed by atoms with Crippen molar-refractivity contribution in [3.63, 3.8) is 0 Å². The highest BCUT2D eigenvalue weighted by molar-refractivity contribution is 7.10. The fourth-order valence-electron chi connectivity index (χ4n) is 1.06. The molecule has 0 aromatic carbocycles. The molecule has 13 heavy (non-hydrogen) atoms. The van der Waals surface area contributed by atoms with Crippen molar-refractivity contribution in [2.24, 2.45) is 0 Å². The number of esters is 1. The molecule has 1 N–H and O–H groups in total. The topological polar surface area (TPSA) is 51.2 Å². The zero-order valence-electron chi connectivity index (χ0n) is 7.83. The summed E-state index contributed by atoms with van der Waals surface area (Å²) in [4.78, 5) is 16.3. The van der Waals surface area contributed by atoms with Gasteiger partial charge in [-0.3, -0.25) is 0 Å². The lowest BCUT2D eigenvalue weighted by molar-refractivity contribution is -0.143. The summed E-state index contributed by atoms with van der Waals surface area (Å²) in [6, 6.07) is -0.391. The fourth-order valence-corrected chi connectivity index (χ4v) is 1.96. The summed E-state index contributed by atoms with van der Waals surface area (Å²) < 4.78 is 4.66. The maximum atomic E-state index is 11.3. The molecule has 0 aliphatic carbocycles. The van der Waals surface area contributed by atoms with Gasteiger partial charge in [0.05, 0.1) is 23.2 Å². The molecule has 1 heterocycles. The average molecular weight is 200 g/mol. The lowest BCUT2D eigenvalue weighted by Gasteiger charge is -2.11. The Morgan fingerprint density at radius 2 is 2.46 bits per heavy atom. The Bertz CT molecular complexity index is 298. The van der Waals surface area contributed by atoms with Crippen LogP contribution < -0.4 is 5.32 Å². The first-order valence-electron chi connectivity index (χ1n) is 3.85. The van der Waals surface area contributed by atoms with Gasteiger partial charge < -0.3 is 10.1 Å². The van der Waals surface area contributed by atoms with Gasteiger partial charge in [-0.15, -0.1) is 11.3 Å². The second-order valence-electron chi connectivity index (χ2n) is 2.55. The van der Waals surface area contributed by atoms with Crippen molar-refractivity contribution in [1.82, 2.24) is 10.3 Å². The molecule has 0 amide bonds. The maximum absolute atomic E-state index is 11.3. The van der Waals surface area contributed by atoms with Crippen LogP contribution in [0.5, 0.6) is 0 Å². The van der Waals surface area contributed by atoms with Crippen LogP contribution >= 0.6 is 11.3 Å². The van der Waals surface area contributed by atoms with E-state index in [0.717, 1.165) is 10.6 Å². The number of aryl methyl sites for hydroxylation is 1. The minimum absolute atomic E-state index is 0.283. The van der Waals surface area contributed by atoms with Crippen molar-refractivity contribution < 1.29 is 9.53 Å². The van der Waals surface area contributed by atoms with E-state index in [-0.39, 0.29) is 5.97 Å². The molecule has 72 valence electrons. The first kappa shape index (κ1) is 10.1. The van der Waals surface area contributed by atoms with E-state index in [0.29, 0.717) is 0 Å². The maximum Gasteiger partial charge on any atom is 0.328 e. The molecule has 0 saturated carbocycles. The Kier molecular flexibility index (Phi) is 3.39. The monoisotopic (exact) mass is 200 g/mol. The Labute approximate surface area is 80.9 Å². The minimum atomic E-state index is -0.391. The van der Waals surface area contributed by atoms with Crippen LogP contribution in [0.15, 0.2) is 5.51 Å². The zero-order valence-corrected chi connectivity index (χ0v) is 8.64. The fraction of sp³-hybridized carbons (Fsp3) is 0.500. The van der Waals surface area contributed by atoms with Crippen molar-refractivity contribution in [3.05, 3.63) is 16.1 Å². The van der Waals surface area contributed by atoms with Crippen molar-refractivity contribution in [2.45, 2.75) is 13.0 Å². The molecule has 0 aliphatic heterocycles. The number of carbonyl (C=O) groups excluding carboxylic acids is 1. The molecule has 0 bridgehead atoms. The predicted octanol–water partition coefficient (Wildman–Crippen LogP) is 0.885. The number of methoxy groups -OCH3 is 1. The highest BCUT2D eigenvalue weighted by atomic mass is 32.1. The summed E-state index contributed by atoms with van der Waals surface area (Å²) in [5.41, 5.74) is 2.59. The number of thiazole rings is 1. The average Bonchev–Trinajstić information content (AvgIpc) is 2.53. The second kappa shape index (κ2) is 4.34. The summed E-state index contributed by atoms with van der Waals surface area (Å²) in [5.74, 6) is -0.283. The third kappa shape index (κ3) is 2.05. The molecule has 5 heteroatoms. The molecular weight excluding hydrogens is 188 g/mol. The SMILES string of the molecule is CNC(C(=O)OC)c1scnc1C. The van der Waals surface area contributed by atoms with Gasteiger partial charge in [-0.25, -0.2) is 9.78 Å². The van der Waals surface area contributed by atoms with E-state index in [1.807, 2.05) is 6.92 Å². The standard InChI is InChI=1S/C8H12N2O2S/c1-5-7(13-4-10-5)6(9-2)8(11)12-3/h4,6,9H,1-3H3. The second-order valence-corrected chi connectivity index (χ2v) is 3.43. The normalized spacial score (nSPS) is 12.5. The highest BCUT2D eigenvalue weighted by Gasteiger charge is 2.22. The van der Waals surface area contributed by atoms with Gasteiger partial charge in [0.1, 0.15) is 6.04 Å². The summed E-state index contributed by atoms with van der Waals surface area (Å²) in [5, 5.41) is 2.89. The summed E-state index contributed by atoms with van der Waals surface area (Å²) in [6.07, 6.45) is 0. The van der Waals surface area contributed by atoms with Gasteiger partial charge in [0, 0.05) is 0 Å². The number of rotatable bonds is 3. The van der Waals surface area contributed by atoms with Crippen molar-refractivity contribution in [3.8, 4) is 0 Å². The summed E-state index contributed by atoms with van der Waals surface area (Å²) in [7, 11) is 3.10. The molecule has 0 radical (unpaired) electrons. The molecule has 0 spiro atoms. The highest BCUT2D eigenvalue weighted by Crippen LogP contribution is 2.21. The lowest BCUT2D eigenvalue weighted by Crippen LogP contribution is -2.26. The number of likely N-dealkylation sites (N-methyl/N-ethyl adjacent to an activating group) is 1. The molecule has 1 aromatic rings. The number of nitrogens with zero attached hydrogens (tertiary/aromatic N) is 1. The van der Waals surface area contributed by atoms with Crippen LogP contribution in [-0.4, -0.2) is 25.1 Å². The van der Waals surface area contributed by atoms with Crippen LogP contribution in [0, 0.1) is 6.92 Å². The number of hydrogen-bond acceptors (Lipinski definition) is 5. The Hall–Kier alpha value is -0.940. The van der Waals surface area contributed by atoms with Gasteiger partial charge in [-0.05, 0) is 14.0 Å². The molecule has 0 saturated heterocycles. The van der Waals surface area contributed by atoms with Gasteiger partial charge in [0.15, 0.2) is 0 Å².